The van der Waals surface area contributed by atoms with E-state index in [0.29, 0.717) is 79.3 Å². The molecule has 0 spiro atoms. The summed E-state index contributed by atoms with van der Waals surface area (Å²) in [6.07, 6.45) is 10.7. The number of unbranched alkanes of at least 4 members (excludes halogenated alkanes) is 7. The number of aliphatic hydroxyl groups excluding tert-OH is 2. The number of rotatable bonds is 28. The summed E-state index contributed by atoms with van der Waals surface area (Å²) in [5.74, 6) is 0. The van der Waals surface area contributed by atoms with Gasteiger partial charge >= 0.3 is 0 Å². The maximum Gasteiger partial charge on any atom is 0.0773 e. The second kappa shape index (κ2) is 28.7. The van der Waals surface area contributed by atoms with Crippen molar-refractivity contribution < 1.29 is 38.6 Å². The second-order valence-corrected chi connectivity index (χ2v) is 7.78. The van der Waals surface area contributed by atoms with Crippen molar-refractivity contribution in [1.82, 2.24) is 0 Å². The highest BCUT2D eigenvalue weighted by atomic mass is 16.6. The fourth-order valence-electron chi connectivity index (χ4n) is 2.98. The van der Waals surface area contributed by atoms with Gasteiger partial charge < -0.3 is 38.6 Å². The Morgan fingerprint density at radius 3 is 1.31 bits per heavy atom. The minimum Gasteiger partial charge on any atom is -0.394 e. The lowest BCUT2D eigenvalue weighted by molar-refractivity contribution is -0.0251. The van der Waals surface area contributed by atoms with Crippen LogP contribution in [-0.2, 0) is 28.4 Å². The first-order chi connectivity index (χ1) is 15.8. The fraction of sp³-hybridized carbons (Fsp3) is 1.00. The molecule has 32 heavy (non-hydrogen) atoms. The molecule has 1 unspecified atom stereocenters. The first kappa shape index (κ1) is 31.7. The number of hydrogen-bond donors (Lipinski definition) is 2. The summed E-state index contributed by atoms with van der Waals surface area (Å²) in [5, 5.41) is 18.5. The topological polar surface area (TPSA) is 95.8 Å². The highest BCUT2D eigenvalue weighted by molar-refractivity contribution is 4.55. The van der Waals surface area contributed by atoms with E-state index in [2.05, 4.69) is 6.92 Å². The maximum atomic E-state index is 9.94. The van der Waals surface area contributed by atoms with E-state index in [1.807, 2.05) is 0 Å². The molecule has 0 aliphatic heterocycles. The van der Waals surface area contributed by atoms with Gasteiger partial charge in [0.2, 0.25) is 0 Å². The van der Waals surface area contributed by atoms with Gasteiger partial charge in [-0.1, -0.05) is 58.3 Å². The summed E-state index contributed by atoms with van der Waals surface area (Å²) in [4.78, 5) is 0. The molecule has 2 N–H and O–H groups in total. The van der Waals surface area contributed by atoms with E-state index in [-0.39, 0.29) is 12.7 Å². The molecule has 0 fully saturated rings. The van der Waals surface area contributed by atoms with Gasteiger partial charge in [-0.25, -0.2) is 0 Å². The van der Waals surface area contributed by atoms with Gasteiger partial charge in [-0.3, -0.25) is 0 Å². The third-order valence-corrected chi connectivity index (χ3v) is 4.80. The first-order valence-electron chi connectivity index (χ1n) is 12.6. The zero-order valence-electron chi connectivity index (χ0n) is 20.5. The molecule has 0 aromatic rings. The van der Waals surface area contributed by atoms with Crippen molar-refractivity contribution in [3.05, 3.63) is 0 Å². The van der Waals surface area contributed by atoms with Crippen LogP contribution >= 0.6 is 0 Å². The minimum absolute atomic E-state index is 0.0332. The van der Waals surface area contributed by atoms with Crippen molar-refractivity contribution in [2.75, 3.05) is 85.9 Å². The molecule has 0 aliphatic carbocycles. The maximum absolute atomic E-state index is 9.94. The minimum atomic E-state index is -0.372. The molecule has 1 atom stereocenters. The molecule has 0 bridgehead atoms. The first-order valence-corrected chi connectivity index (χ1v) is 12.6. The summed E-state index contributed by atoms with van der Waals surface area (Å²) in [7, 11) is 0. The van der Waals surface area contributed by atoms with Crippen LogP contribution in [-0.4, -0.2) is 102 Å². The fourth-order valence-corrected chi connectivity index (χ4v) is 2.98. The lowest BCUT2D eigenvalue weighted by Gasteiger charge is -2.11. The Labute approximate surface area is 195 Å². The van der Waals surface area contributed by atoms with Crippen molar-refractivity contribution in [2.24, 2.45) is 0 Å². The van der Waals surface area contributed by atoms with Gasteiger partial charge in [0.1, 0.15) is 0 Å². The molecule has 0 aromatic heterocycles. The SMILES string of the molecule is CCCCCCCCCCC(O)COCCOCCOCCOCCOCCOCCO. The van der Waals surface area contributed by atoms with Crippen LogP contribution in [0.15, 0.2) is 0 Å². The smallest absolute Gasteiger partial charge is 0.0773 e. The van der Waals surface area contributed by atoms with E-state index in [0.717, 1.165) is 12.8 Å². The van der Waals surface area contributed by atoms with Crippen LogP contribution in [0.2, 0.25) is 0 Å². The molecule has 0 radical (unpaired) electrons. The van der Waals surface area contributed by atoms with Crippen LogP contribution in [0.4, 0.5) is 0 Å². The lowest BCUT2D eigenvalue weighted by atomic mass is 10.1. The van der Waals surface area contributed by atoms with Gasteiger partial charge in [-0.15, -0.1) is 0 Å². The summed E-state index contributed by atoms with van der Waals surface area (Å²) in [6.45, 7) is 8.07. The average Bonchev–Trinajstić information content (AvgIpc) is 2.80. The van der Waals surface area contributed by atoms with Gasteiger partial charge in [0.05, 0.1) is 92.0 Å². The zero-order valence-corrected chi connectivity index (χ0v) is 20.5. The van der Waals surface area contributed by atoms with Crippen LogP contribution in [0, 0.1) is 0 Å². The Balaban J connectivity index is 3.10. The van der Waals surface area contributed by atoms with Crippen LogP contribution < -0.4 is 0 Å². The highest BCUT2D eigenvalue weighted by Gasteiger charge is 2.04. The van der Waals surface area contributed by atoms with E-state index in [4.69, 9.17) is 33.5 Å². The average molecular weight is 467 g/mol. The van der Waals surface area contributed by atoms with Gasteiger partial charge in [0, 0.05) is 0 Å². The van der Waals surface area contributed by atoms with Gasteiger partial charge in [0.15, 0.2) is 0 Å². The number of aliphatic hydroxyl groups is 2. The third-order valence-electron chi connectivity index (χ3n) is 4.80. The highest BCUT2D eigenvalue weighted by Crippen LogP contribution is 2.10. The van der Waals surface area contributed by atoms with Crippen molar-refractivity contribution >= 4 is 0 Å². The third kappa shape index (κ3) is 27.7. The molecular formula is C24H50O8. The molecular weight excluding hydrogens is 416 g/mol. The molecule has 0 aromatic carbocycles. The summed E-state index contributed by atoms with van der Waals surface area (Å²) < 4.78 is 32.1. The van der Waals surface area contributed by atoms with Gasteiger partial charge in [0.25, 0.3) is 0 Å². The Morgan fingerprint density at radius 1 is 0.500 bits per heavy atom. The molecule has 8 heteroatoms. The number of ether oxygens (including phenoxy) is 6. The molecule has 0 rings (SSSR count). The summed E-state index contributed by atoms with van der Waals surface area (Å²) in [6, 6.07) is 0. The quantitative estimate of drug-likeness (QED) is 0.170. The van der Waals surface area contributed by atoms with E-state index >= 15 is 0 Å². The van der Waals surface area contributed by atoms with E-state index in [1.165, 1.54) is 44.9 Å². The Kier molecular flexibility index (Phi) is 28.4. The van der Waals surface area contributed by atoms with Gasteiger partial charge in [-0.05, 0) is 6.42 Å². The Bertz CT molecular complexity index is 333. The molecule has 0 amide bonds. The van der Waals surface area contributed by atoms with Crippen molar-refractivity contribution in [3.63, 3.8) is 0 Å². The zero-order chi connectivity index (χ0) is 23.4. The van der Waals surface area contributed by atoms with Crippen LogP contribution in [0.25, 0.3) is 0 Å². The monoisotopic (exact) mass is 466 g/mol. The molecule has 8 nitrogen and oxygen atoms in total. The lowest BCUT2D eigenvalue weighted by Crippen LogP contribution is -2.18. The predicted octanol–water partition coefficient (Wildman–Crippen LogP) is 2.97. The molecule has 0 saturated carbocycles. The largest absolute Gasteiger partial charge is 0.394 e. The number of hydrogen-bond acceptors (Lipinski definition) is 8. The molecule has 194 valence electrons. The van der Waals surface area contributed by atoms with Crippen molar-refractivity contribution in [3.8, 4) is 0 Å². The normalized spacial score (nSPS) is 12.5. The van der Waals surface area contributed by atoms with E-state index in [1.54, 1.807) is 0 Å². The van der Waals surface area contributed by atoms with Crippen LogP contribution in [0.1, 0.15) is 64.7 Å². The molecule has 0 saturated heterocycles. The summed E-state index contributed by atoms with van der Waals surface area (Å²) in [5.41, 5.74) is 0. The molecule has 0 aliphatic rings. The Hall–Kier alpha value is -0.320. The van der Waals surface area contributed by atoms with Gasteiger partial charge in [-0.2, -0.15) is 0 Å². The predicted molar refractivity (Wildman–Crippen MR) is 125 cm³/mol. The molecule has 0 heterocycles. The van der Waals surface area contributed by atoms with E-state index in [9.17, 15) is 5.11 Å². The van der Waals surface area contributed by atoms with Crippen molar-refractivity contribution in [2.45, 2.75) is 70.8 Å². The van der Waals surface area contributed by atoms with Crippen LogP contribution in [0.3, 0.4) is 0 Å². The standard InChI is InChI=1S/C24H50O8/c1-2-3-4-5-6-7-8-9-10-24(26)23-32-22-21-31-20-19-30-18-17-29-16-15-28-14-13-27-12-11-25/h24-26H,2-23H2,1H3. The second-order valence-electron chi connectivity index (χ2n) is 7.78. The summed E-state index contributed by atoms with van der Waals surface area (Å²) >= 11 is 0. The van der Waals surface area contributed by atoms with Crippen molar-refractivity contribution in [1.29, 1.82) is 0 Å². The Morgan fingerprint density at radius 2 is 0.875 bits per heavy atom. The van der Waals surface area contributed by atoms with E-state index < -0.39 is 0 Å². The van der Waals surface area contributed by atoms with Crippen LogP contribution in [0.5, 0.6) is 0 Å².